The molecule has 8 heteroatoms. The lowest BCUT2D eigenvalue weighted by atomic mass is 9.99. The highest BCUT2D eigenvalue weighted by atomic mass is 35.5. The van der Waals surface area contributed by atoms with E-state index >= 15 is 0 Å². The van der Waals surface area contributed by atoms with E-state index in [2.05, 4.69) is 4.90 Å². The Morgan fingerprint density at radius 3 is 2.49 bits per heavy atom. The van der Waals surface area contributed by atoms with Gasteiger partial charge in [0.2, 0.25) is 5.78 Å². The molecule has 0 radical (unpaired) electrons. The van der Waals surface area contributed by atoms with Crippen LogP contribution < -0.4 is 18.9 Å². The number of carbonyl (C=O) groups is 1. The van der Waals surface area contributed by atoms with E-state index in [9.17, 15) is 4.79 Å². The zero-order valence-corrected chi connectivity index (χ0v) is 21.0. The molecule has 0 fully saturated rings. The Labute approximate surface area is 213 Å². The van der Waals surface area contributed by atoms with Crippen LogP contribution in [0.5, 0.6) is 23.0 Å². The fourth-order valence-electron chi connectivity index (χ4n) is 4.41. The zero-order chi connectivity index (χ0) is 24.7. The second-order valence-electron chi connectivity index (χ2n) is 8.39. The number of ether oxygens (including phenoxy) is 4. The molecule has 2 aliphatic rings. The Kier molecular flexibility index (Phi) is 6.36. The van der Waals surface area contributed by atoms with E-state index in [-0.39, 0.29) is 11.5 Å². The minimum atomic E-state index is -0.209. The molecule has 0 aliphatic carbocycles. The van der Waals surface area contributed by atoms with Gasteiger partial charge in [0.1, 0.15) is 18.2 Å². The van der Waals surface area contributed by atoms with Crippen molar-refractivity contribution in [2.24, 2.45) is 0 Å². The number of benzene rings is 3. The van der Waals surface area contributed by atoms with Crippen LogP contribution in [0.3, 0.4) is 0 Å². The zero-order valence-electron chi connectivity index (χ0n) is 19.5. The highest BCUT2D eigenvalue weighted by Crippen LogP contribution is 2.44. The third-order valence-corrected chi connectivity index (χ3v) is 6.79. The summed E-state index contributed by atoms with van der Waals surface area (Å²) in [5.74, 6) is 2.59. The molecule has 180 valence electrons. The first-order chi connectivity index (χ1) is 16.9. The number of carbonyl (C=O) groups excluding carboxylic acids is 1. The fourth-order valence-corrected chi connectivity index (χ4v) is 4.92. The average molecular weight is 512 g/mol. The van der Waals surface area contributed by atoms with E-state index in [0.29, 0.717) is 58.2 Å². The number of halogens is 2. The summed E-state index contributed by atoms with van der Waals surface area (Å²) in [5.41, 5.74) is 3.85. The average Bonchev–Trinajstić information content (AvgIpc) is 3.17. The third kappa shape index (κ3) is 4.33. The predicted octanol–water partition coefficient (Wildman–Crippen LogP) is 6.29. The van der Waals surface area contributed by atoms with Crippen molar-refractivity contribution in [1.29, 1.82) is 0 Å². The van der Waals surface area contributed by atoms with Crippen LogP contribution in [0.4, 0.5) is 0 Å². The molecule has 0 saturated heterocycles. The van der Waals surface area contributed by atoms with Crippen LogP contribution in [0.1, 0.15) is 32.6 Å². The molecule has 3 aromatic rings. The molecule has 0 unspecified atom stereocenters. The van der Waals surface area contributed by atoms with E-state index in [1.165, 1.54) is 0 Å². The molecule has 5 rings (SSSR count). The smallest absolute Gasteiger partial charge is 0.231 e. The molecule has 0 atom stereocenters. The number of nitrogens with zero attached hydrogens (tertiary/aromatic N) is 1. The highest BCUT2D eigenvalue weighted by molar-refractivity contribution is 6.37. The Morgan fingerprint density at radius 2 is 1.77 bits per heavy atom. The van der Waals surface area contributed by atoms with Gasteiger partial charge in [-0.3, -0.25) is 9.69 Å². The van der Waals surface area contributed by atoms with Crippen molar-refractivity contribution < 1.29 is 23.7 Å². The summed E-state index contributed by atoms with van der Waals surface area (Å²) >= 11 is 12.6. The molecule has 35 heavy (non-hydrogen) atoms. The number of rotatable bonds is 5. The van der Waals surface area contributed by atoms with Gasteiger partial charge in [0.25, 0.3) is 0 Å². The number of methoxy groups -OCH3 is 2. The molecule has 0 aromatic heterocycles. The van der Waals surface area contributed by atoms with Crippen LogP contribution in [0.25, 0.3) is 6.08 Å². The van der Waals surface area contributed by atoms with Crippen LogP contribution in [-0.4, -0.2) is 31.6 Å². The summed E-state index contributed by atoms with van der Waals surface area (Å²) in [6.07, 6.45) is 1.59. The highest BCUT2D eigenvalue weighted by Gasteiger charge is 2.34. The molecule has 0 N–H and O–H groups in total. The lowest BCUT2D eigenvalue weighted by Gasteiger charge is -2.30. The van der Waals surface area contributed by atoms with Gasteiger partial charge in [0.15, 0.2) is 17.3 Å². The van der Waals surface area contributed by atoms with Gasteiger partial charge in [-0.2, -0.15) is 0 Å². The van der Waals surface area contributed by atoms with Crippen molar-refractivity contribution in [3.63, 3.8) is 0 Å². The summed E-state index contributed by atoms with van der Waals surface area (Å²) in [7, 11) is 3.23. The Balaban J connectivity index is 1.41. The maximum Gasteiger partial charge on any atom is 0.231 e. The van der Waals surface area contributed by atoms with E-state index < -0.39 is 0 Å². The van der Waals surface area contributed by atoms with Gasteiger partial charge in [-0.15, -0.1) is 0 Å². The van der Waals surface area contributed by atoms with E-state index in [1.807, 2.05) is 31.2 Å². The molecular formula is C27H23Cl2NO5. The normalized spacial score (nSPS) is 15.9. The van der Waals surface area contributed by atoms with Crippen LogP contribution >= 0.6 is 23.2 Å². The van der Waals surface area contributed by atoms with E-state index in [1.54, 1.807) is 38.5 Å². The summed E-state index contributed by atoms with van der Waals surface area (Å²) in [6.45, 7) is 3.59. The lowest BCUT2D eigenvalue weighted by molar-refractivity contribution is 0.0876. The monoisotopic (exact) mass is 511 g/mol. The van der Waals surface area contributed by atoms with Crippen molar-refractivity contribution in [2.75, 3.05) is 21.0 Å². The standard InChI is InChI=1S/C27H23Cl2NO5/c1-15-26-17(13-30(14-34-26)12-16-7-8-22(32-2)23(9-16)33-3)10-19-25(31)24(35-27(15)19)11-18-20(28)5-4-6-21(18)29/h4-11H,12-14H2,1-3H3/b24-11-. The van der Waals surface area contributed by atoms with Gasteiger partial charge < -0.3 is 18.9 Å². The Bertz CT molecular complexity index is 1350. The Hall–Kier alpha value is -3.19. The van der Waals surface area contributed by atoms with Crippen molar-refractivity contribution >= 4 is 35.1 Å². The van der Waals surface area contributed by atoms with Crippen molar-refractivity contribution in [3.05, 3.63) is 86.1 Å². The topological polar surface area (TPSA) is 57.2 Å². The first kappa shape index (κ1) is 23.5. The predicted molar refractivity (Wildman–Crippen MR) is 135 cm³/mol. The first-order valence-electron chi connectivity index (χ1n) is 11.0. The Morgan fingerprint density at radius 1 is 1.03 bits per heavy atom. The lowest BCUT2D eigenvalue weighted by Crippen LogP contribution is -2.32. The van der Waals surface area contributed by atoms with Crippen molar-refractivity contribution in [3.8, 4) is 23.0 Å². The first-order valence-corrected chi connectivity index (χ1v) is 11.8. The molecule has 0 saturated carbocycles. The summed E-state index contributed by atoms with van der Waals surface area (Å²) < 4.78 is 22.8. The number of ketones is 1. The van der Waals surface area contributed by atoms with E-state index in [4.69, 9.17) is 42.1 Å². The largest absolute Gasteiger partial charge is 0.493 e. The van der Waals surface area contributed by atoms with Gasteiger partial charge in [-0.05, 0) is 48.9 Å². The maximum absolute atomic E-state index is 13.2. The van der Waals surface area contributed by atoms with Crippen LogP contribution in [0.2, 0.25) is 10.0 Å². The van der Waals surface area contributed by atoms with Gasteiger partial charge in [0, 0.05) is 39.8 Å². The SMILES string of the molecule is COc1ccc(CN2COc3c(cc4c(c3C)O/C(=C\c3c(Cl)cccc3Cl)C4=O)C2)cc1OC. The number of fused-ring (bicyclic) bond motifs is 2. The molecule has 0 spiro atoms. The number of Topliss-reactive ketones (excluding diaryl/α,β-unsaturated/α-hetero) is 1. The third-order valence-electron chi connectivity index (χ3n) is 6.13. The summed E-state index contributed by atoms with van der Waals surface area (Å²) in [4.78, 5) is 15.4. The minimum absolute atomic E-state index is 0.183. The molecule has 2 aliphatic heterocycles. The van der Waals surface area contributed by atoms with Crippen LogP contribution in [0.15, 0.2) is 48.2 Å². The molecule has 0 bridgehead atoms. The van der Waals surface area contributed by atoms with Gasteiger partial charge in [-0.25, -0.2) is 0 Å². The molecule has 6 nitrogen and oxygen atoms in total. The fraction of sp³-hybridized carbons (Fsp3) is 0.222. The number of allylic oxidation sites excluding steroid dienone is 1. The quantitative estimate of drug-likeness (QED) is 0.375. The van der Waals surface area contributed by atoms with Gasteiger partial charge >= 0.3 is 0 Å². The van der Waals surface area contributed by atoms with Crippen LogP contribution in [-0.2, 0) is 13.1 Å². The van der Waals surface area contributed by atoms with E-state index in [0.717, 1.165) is 22.4 Å². The van der Waals surface area contributed by atoms with Crippen LogP contribution in [0, 0.1) is 6.92 Å². The molecule has 3 aromatic carbocycles. The molecule has 0 amide bonds. The number of hydrogen-bond acceptors (Lipinski definition) is 6. The van der Waals surface area contributed by atoms with Crippen molar-refractivity contribution in [1.82, 2.24) is 4.90 Å². The summed E-state index contributed by atoms with van der Waals surface area (Å²) in [6, 6.07) is 12.9. The van der Waals surface area contributed by atoms with Gasteiger partial charge in [-0.1, -0.05) is 35.3 Å². The summed E-state index contributed by atoms with van der Waals surface area (Å²) in [5, 5.41) is 0.894. The minimum Gasteiger partial charge on any atom is -0.493 e. The number of hydrogen-bond donors (Lipinski definition) is 0. The molecular weight excluding hydrogens is 489 g/mol. The second-order valence-corrected chi connectivity index (χ2v) is 9.21. The van der Waals surface area contributed by atoms with Gasteiger partial charge in [0.05, 0.1) is 19.8 Å². The molecule has 2 heterocycles. The van der Waals surface area contributed by atoms with Crippen molar-refractivity contribution in [2.45, 2.75) is 20.0 Å². The second kappa shape index (κ2) is 9.46. The maximum atomic E-state index is 13.2.